The van der Waals surface area contributed by atoms with Gasteiger partial charge in [-0.3, -0.25) is 9.59 Å². The standard InChI is InChI=1S/C24H27FN4O2/c25-18-12-17(24(26)31)22-21(16-5-1-2-6-19(16)28-22)23(18)29-11-3-4-15(13-29)27-20(30)10-9-14-7-8-14/h1-2,5-6,12,14-15,28H,3-4,7-11,13H2,(H2,26,31)(H,27,30)/t15-/m0/s1. The maximum Gasteiger partial charge on any atom is 0.250 e. The maximum atomic E-state index is 15.4. The molecule has 2 amide bonds. The third-order valence-electron chi connectivity index (χ3n) is 6.55. The SMILES string of the molecule is NC(=O)c1cc(F)c(N2CCC[C@H](NC(=O)CCC3CC3)C2)c2c1[nH]c1ccccc12. The zero-order valence-electron chi connectivity index (χ0n) is 17.4. The summed E-state index contributed by atoms with van der Waals surface area (Å²) >= 11 is 0. The van der Waals surface area contributed by atoms with E-state index in [4.69, 9.17) is 5.73 Å². The molecule has 1 atom stereocenters. The van der Waals surface area contributed by atoms with Crippen LogP contribution in [0.25, 0.3) is 21.8 Å². The molecule has 162 valence electrons. The van der Waals surface area contributed by atoms with E-state index in [0.717, 1.165) is 36.1 Å². The third kappa shape index (κ3) is 3.84. The summed E-state index contributed by atoms with van der Waals surface area (Å²) in [5.41, 5.74) is 7.54. The number of carbonyl (C=O) groups is 2. The number of para-hydroxylation sites is 1. The largest absolute Gasteiger partial charge is 0.367 e. The Morgan fingerprint density at radius 3 is 2.81 bits per heavy atom. The van der Waals surface area contributed by atoms with Gasteiger partial charge < -0.3 is 20.9 Å². The van der Waals surface area contributed by atoms with E-state index in [2.05, 4.69) is 10.3 Å². The number of rotatable bonds is 6. The van der Waals surface area contributed by atoms with Gasteiger partial charge in [-0.05, 0) is 37.3 Å². The first kappa shape index (κ1) is 19.8. The number of halogens is 1. The zero-order valence-corrected chi connectivity index (χ0v) is 17.4. The van der Waals surface area contributed by atoms with Crippen LogP contribution in [0, 0.1) is 11.7 Å². The van der Waals surface area contributed by atoms with E-state index in [1.165, 1.54) is 18.9 Å². The highest BCUT2D eigenvalue weighted by Gasteiger charge is 2.28. The van der Waals surface area contributed by atoms with Gasteiger partial charge in [0, 0.05) is 41.8 Å². The van der Waals surface area contributed by atoms with E-state index < -0.39 is 11.7 Å². The Kier molecular flexibility index (Phi) is 5.04. The molecule has 1 saturated carbocycles. The van der Waals surface area contributed by atoms with Crippen molar-refractivity contribution in [2.45, 2.75) is 44.6 Å². The molecule has 4 N–H and O–H groups in total. The van der Waals surface area contributed by atoms with Gasteiger partial charge in [0.25, 0.3) is 5.91 Å². The number of anilines is 1. The molecular formula is C24H27FN4O2. The monoisotopic (exact) mass is 422 g/mol. The van der Waals surface area contributed by atoms with Crippen LogP contribution in [0.2, 0.25) is 0 Å². The van der Waals surface area contributed by atoms with Gasteiger partial charge in [0.1, 0.15) is 5.82 Å². The minimum Gasteiger partial charge on any atom is -0.367 e. The summed E-state index contributed by atoms with van der Waals surface area (Å²) in [6.45, 7) is 1.23. The zero-order chi connectivity index (χ0) is 21.5. The number of hydrogen-bond acceptors (Lipinski definition) is 3. The predicted octanol–water partition coefficient (Wildman–Crippen LogP) is 3.83. The number of hydrogen-bond donors (Lipinski definition) is 3. The van der Waals surface area contributed by atoms with Gasteiger partial charge in [-0.15, -0.1) is 0 Å². The van der Waals surface area contributed by atoms with E-state index in [0.29, 0.717) is 36.1 Å². The number of nitrogens with one attached hydrogen (secondary N) is 2. The number of aromatic nitrogens is 1. The first-order valence-electron chi connectivity index (χ1n) is 11.1. The number of nitrogens with two attached hydrogens (primary N) is 1. The predicted molar refractivity (Wildman–Crippen MR) is 120 cm³/mol. The minimum absolute atomic E-state index is 0.0177. The summed E-state index contributed by atoms with van der Waals surface area (Å²) in [4.78, 5) is 29.6. The first-order chi connectivity index (χ1) is 15.0. The summed E-state index contributed by atoms with van der Waals surface area (Å²) in [6.07, 6.45) is 5.74. The van der Waals surface area contributed by atoms with Crippen molar-refractivity contribution in [2.24, 2.45) is 11.7 Å². The third-order valence-corrected chi connectivity index (χ3v) is 6.55. The van der Waals surface area contributed by atoms with Crippen LogP contribution < -0.4 is 16.0 Å². The lowest BCUT2D eigenvalue weighted by atomic mass is 10.0. The summed E-state index contributed by atoms with van der Waals surface area (Å²) in [7, 11) is 0. The summed E-state index contributed by atoms with van der Waals surface area (Å²) in [6, 6.07) is 8.83. The van der Waals surface area contributed by atoms with Crippen molar-refractivity contribution in [3.63, 3.8) is 0 Å². The first-order valence-corrected chi connectivity index (χ1v) is 11.1. The van der Waals surface area contributed by atoms with Crippen molar-refractivity contribution in [1.29, 1.82) is 0 Å². The molecule has 1 saturated heterocycles. The Balaban J connectivity index is 1.48. The van der Waals surface area contributed by atoms with E-state index in [1.807, 2.05) is 29.2 Å². The number of H-pyrrole nitrogens is 1. The molecule has 0 spiro atoms. The molecule has 6 nitrogen and oxygen atoms in total. The summed E-state index contributed by atoms with van der Waals surface area (Å²) in [5, 5.41) is 4.67. The van der Waals surface area contributed by atoms with Gasteiger partial charge in [-0.1, -0.05) is 31.0 Å². The van der Waals surface area contributed by atoms with Crippen LogP contribution in [0.4, 0.5) is 10.1 Å². The smallest absolute Gasteiger partial charge is 0.250 e. The van der Waals surface area contributed by atoms with Crippen LogP contribution in [0.15, 0.2) is 30.3 Å². The molecule has 5 rings (SSSR count). The second kappa shape index (κ2) is 7.87. The van der Waals surface area contributed by atoms with Gasteiger partial charge in [-0.2, -0.15) is 0 Å². The highest BCUT2D eigenvalue weighted by atomic mass is 19.1. The van der Waals surface area contributed by atoms with Crippen LogP contribution in [0.1, 0.15) is 48.9 Å². The molecule has 2 aromatic carbocycles. The number of amides is 2. The Morgan fingerprint density at radius 1 is 1.23 bits per heavy atom. The lowest BCUT2D eigenvalue weighted by Crippen LogP contribution is -2.48. The quantitative estimate of drug-likeness (QED) is 0.564. The highest BCUT2D eigenvalue weighted by molar-refractivity contribution is 6.19. The topological polar surface area (TPSA) is 91.2 Å². The minimum atomic E-state index is -0.665. The molecule has 0 bridgehead atoms. The molecule has 2 heterocycles. The fraction of sp³-hybridized carbons (Fsp3) is 0.417. The van der Waals surface area contributed by atoms with Crippen LogP contribution in [-0.4, -0.2) is 35.9 Å². The second-order valence-electron chi connectivity index (χ2n) is 8.87. The molecule has 0 radical (unpaired) electrons. The molecular weight excluding hydrogens is 395 g/mol. The van der Waals surface area contributed by atoms with E-state index in [1.54, 1.807) is 0 Å². The summed E-state index contributed by atoms with van der Waals surface area (Å²) in [5.74, 6) is -0.324. The van der Waals surface area contributed by atoms with E-state index in [-0.39, 0.29) is 17.5 Å². The fourth-order valence-electron chi connectivity index (χ4n) is 4.82. The van der Waals surface area contributed by atoms with Gasteiger partial charge in [0.2, 0.25) is 5.91 Å². The Hall–Kier alpha value is -3.09. The number of fused-ring (bicyclic) bond motifs is 3. The molecule has 3 aromatic rings. The van der Waals surface area contributed by atoms with E-state index in [9.17, 15) is 9.59 Å². The van der Waals surface area contributed by atoms with Crippen molar-refractivity contribution in [3.05, 3.63) is 41.7 Å². The van der Waals surface area contributed by atoms with Crippen molar-refractivity contribution >= 4 is 39.3 Å². The number of nitrogens with zero attached hydrogens (tertiary/aromatic N) is 1. The van der Waals surface area contributed by atoms with Crippen LogP contribution >= 0.6 is 0 Å². The van der Waals surface area contributed by atoms with Gasteiger partial charge in [0.05, 0.1) is 16.8 Å². The molecule has 2 aliphatic rings. The van der Waals surface area contributed by atoms with Crippen molar-refractivity contribution < 1.29 is 14.0 Å². The highest BCUT2D eigenvalue weighted by Crippen LogP contribution is 2.39. The van der Waals surface area contributed by atoms with Crippen molar-refractivity contribution in [2.75, 3.05) is 18.0 Å². The number of aromatic amines is 1. The molecule has 31 heavy (non-hydrogen) atoms. The lowest BCUT2D eigenvalue weighted by molar-refractivity contribution is -0.122. The van der Waals surface area contributed by atoms with Gasteiger partial charge in [0.15, 0.2) is 0 Å². The van der Waals surface area contributed by atoms with Crippen molar-refractivity contribution in [1.82, 2.24) is 10.3 Å². The van der Waals surface area contributed by atoms with E-state index >= 15 is 4.39 Å². The van der Waals surface area contributed by atoms with Crippen molar-refractivity contribution in [3.8, 4) is 0 Å². The molecule has 1 aromatic heterocycles. The fourth-order valence-corrected chi connectivity index (χ4v) is 4.82. The normalized spacial score (nSPS) is 19.1. The Bertz CT molecular complexity index is 1170. The number of piperidine rings is 1. The molecule has 1 aliphatic heterocycles. The average Bonchev–Trinajstić information content (AvgIpc) is 3.51. The number of carbonyl (C=O) groups excluding carboxylic acids is 2. The lowest BCUT2D eigenvalue weighted by Gasteiger charge is -2.35. The van der Waals surface area contributed by atoms with Crippen LogP contribution in [0.5, 0.6) is 0 Å². The second-order valence-corrected chi connectivity index (χ2v) is 8.87. The maximum absolute atomic E-state index is 15.4. The Labute approximate surface area is 180 Å². The Morgan fingerprint density at radius 2 is 2.03 bits per heavy atom. The van der Waals surface area contributed by atoms with Gasteiger partial charge in [-0.25, -0.2) is 4.39 Å². The molecule has 2 fully saturated rings. The van der Waals surface area contributed by atoms with Gasteiger partial charge >= 0.3 is 0 Å². The molecule has 1 aliphatic carbocycles. The average molecular weight is 423 g/mol. The molecule has 0 unspecified atom stereocenters. The van der Waals surface area contributed by atoms with Crippen LogP contribution in [0.3, 0.4) is 0 Å². The number of benzene rings is 2. The summed E-state index contributed by atoms with van der Waals surface area (Å²) < 4.78 is 15.4. The number of primary amides is 1. The van der Waals surface area contributed by atoms with Crippen LogP contribution in [-0.2, 0) is 4.79 Å². The molecule has 7 heteroatoms.